The van der Waals surface area contributed by atoms with E-state index in [0.29, 0.717) is 5.82 Å². The van der Waals surface area contributed by atoms with Crippen LogP contribution in [0.4, 0.5) is 15.9 Å². The summed E-state index contributed by atoms with van der Waals surface area (Å²) < 4.78 is 13.7. The molecule has 0 unspecified atom stereocenters. The molecule has 0 saturated carbocycles. The number of pyridine rings is 1. The number of hydrogen-bond donors (Lipinski definition) is 2. The smallest absolute Gasteiger partial charge is 0.274 e. The predicted molar refractivity (Wildman–Crippen MR) is 82.1 cm³/mol. The van der Waals surface area contributed by atoms with Gasteiger partial charge in [0.05, 0.1) is 5.69 Å². The molecular weight excluding hydrogens is 269 g/mol. The Bertz CT molecular complexity index is 643. The van der Waals surface area contributed by atoms with Gasteiger partial charge in [0, 0.05) is 6.54 Å². The van der Waals surface area contributed by atoms with Crippen molar-refractivity contribution < 1.29 is 9.18 Å². The van der Waals surface area contributed by atoms with Crippen LogP contribution in [-0.4, -0.2) is 17.4 Å². The second kappa shape index (κ2) is 6.83. The van der Waals surface area contributed by atoms with E-state index in [9.17, 15) is 9.18 Å². The number of carbonyl (C=O) groups excluding carboxylic acids is 1. The number of carbonyl (C=O) groups is 1. The Balaban J connectivity index is 2.12. The van der Waals surface area contributed by atoms with E-state index in [1.54, 1.807) is 37.3 Å². The Morgan fingerprint density at radius 2 is 2.10 bits per heavy atom. The SMILES string of the molecule is CCCNc1cccc(C(=O)Nc2ccc(C)cc2F)n1. The van der Waals surface area contributed by atoms with E-state index in [1.165, 1.54) is 6.07 Å². The Kier molecular flexibility index (Phi) is 4.87. The first-order valence-electron chi connectivity index (χ1n) is 6.88. The van der Waals surface area contributed by atoms with Crippen LogP contribution in [0.1, 0.15) is 29.4 Å². The van der Waals surface area contributed by atoms with Crippen molar-refractivity contribution in [3.8, 4) is 0 Å². The molecule has 0 aliphatic rings. The van der Waals surface area contributed by atoms with Crippen LogP contribution < -0.4 is 10.6 Å². The van der Waals surface area contributed by atoms with Crippen LogP contribution in [0.25, 0.3) is 0 Å². The molecule has 1 aromatic carbocycles. The molecule has 0 fully saturated rings. The molecule has 0 spiro atoms. The van der Waals surface area contributed by atoms with Gasteiger partial charge in [-0.05, 0) is 43.2 Å². The standard InChI is InChI=1S/C16H18FN3O/c1-3-9-18-15-6-4-5-14(19-15)16(21)20-13-8-7-11(2)10-12(13)17/h4-8,10H,3,9H2,1-2H3,(H,18,19)(H,20,21). The number of aromatic nitrogens is 1. The van der Waals surface area contributed by atoms with Crippen LogP contribution in [0.15, 0.2) is 36.4 Å². The average molecular weight is 287 g/mol. The van der Waals surface area contributed by atoms with Gasteiger partial charge < -0.3 is 10.6 Å². The third kappa shape index (κ3) is 4.02. The average Bonchev–Trinajstić information content (AvgIpc) is 2.48. The van der Waals surface area contributed by atoms with Gasteiger partial charge in [0.1, 0.15) is 17.3 Å². The Labute approximate surface area is 123 Å². The molecule has 0 bridgehead atoms. The summed E-state index contributed by atoms with van der Waals surface area (Å²) >= 11 is 0. The summed E-state index contributed by atoms with van der Waals surface area (Å²) in [5, 5.41) is 5.64. The zero-order valence-electron chi connectivity index (χ0n) is 12.1. The molecular formula is C16H18FN3O. The minimum atomic E-state index is -0.455. The van der Waals surface area contributed by atoms with E-state index in [0.717, 1.165) is 18.5 Å². The number of nitrogens with one attached hydrogen (secondary N) is 2. The van der Waals surface area contributed by atoms with Crippen molar-refractivity contribution in [2.75, 3.05) is 17.2 Å². The molecule has 0 aliphatic heterocycles. The summed E-state index contributed by atoms with van der Waals surface area (Å²) in [7, 11) is 0. The molecule has 1 aromatic heterocycles. The summed E-state index contributed by atoms with van der Waals surface area (Å²) in [6, 6.07) is 9.79. The molecule has 0 saturated heterocycles. The van der Waals surface area contributed by atoms with Gasteiger partial charge in [-0.25, -0.2) is 9.37 Å². The number of nitrogens with zero attached hydrogens (tertiary/aromatic N) is 1. The minimum absolute atomic E-state index is 0.152. The quantitative estimate of drug-likeness (QED) is 0.883. The van der Waals surface area contributed by atoms with Gasteiger partial charge in [-0.2, -0.15) is 0 Å². The molecule has 21 heavy (non-hydrogen) atoms. The number of rotatable bonds is 5. The topological polar surface area (TPSA) is 54.0 Å². The molecule has 4 nitrogen and oxygen atoms in total. The Morgan fingerprint density at radius 3 is 2.81 bits per heavy atom. The predicted octanol–water partition coefficient (Wildman–Crippen LogP) is 3.60. The maximum absolute atomic E-state index is 13.7. The highest BCUT2D eigenvalue weighted by Gasteiger charge is 2.11. The van der Waals surface area contributed by atoms with Gasteiger partial charge in [-0.15, -0.1) is 0 Å². The molecule has 1 heterocycles. The van der Waals surface area contributed by atoms with Gasteiger partial charge in [0.2, 0.25) is 0 Å². The van der Waals surface area contributed by atoms with Crippen molar-refractivity contribution >= 4 is 17.4 Å². The Morgan fingerprint density at radius 1 is 1.29 bits per heavy atom. The number of benzene rings is 1. The lowest BCUT2D eigenvalue weighted by Gasteiger charge is -2.08. The van der Waals surface area contributed by atoms with Gasteiger partial charge in [0.25, 0.3) is 5.91 Å². The van der Waals surface area contributed by atoms with E-state index in [4.69, 9.17) is 0 Å². The molecule has 0 aliphatic carbocycles. The second-order valence-electron chi connectivity index (χ2n) is 4.77. The number of amides is 1. The first kappa shape index (κ1) is 15.0. The molecule has 0 radical (unpaired) electrons. The molecule has 2 aromatic rings. The van der Waals surface area contributed by atoms with Crippen LogP contribution in [-0.2, 0) is 0 Å². The second-order valence-corrected chi connectivity index (χ2v) is 4.77. The molecule has 2 N–H and O–H groups in total. The van der Waals surface area contributed by atoms with Crippen LogP contribution >= 0.6 is 0 Å². The monoisotopic (exact) mass is 287 g/mol. The summed E-state index contributed by atoms with van der Waals surface area (Å²) in [6.45, 7) is 4.62. The summed E-state index contributed by atoms with van der Waals surface area (Å²) in [4.78, 5) is 16.3. The lowest BCUT2D eigenvalue weighted by Crippen LogP contribution is -2.15. The van der Waals surface area contributed by atoms with Gasteiger partial charge >= 0.3 is 0 Å². The Hall–Kier alpha value is -2.43. The van der Waals surface area contributed by atoms with Crippen LogP contribution in [0, 0.1) is 12.7 Å². The highest BCUT2D eigenvalue weighted by Crippen LogP contribution is 2.16. The van der Waals surface area contributed by atoms with E-state index < -0.39 is 11.7 Å². The lowest BCUT2D eigenvalue weighted by molar-refractivity contribution is 0.102. The number of hydrogen-bond acceptors (Lipinski definition) is 3. The van der Waals surface area contributed by atoms with Gasteiger partial charge in [-0.1, -0.05) is 19.1 Å². The highest BCUT2D eigenvalue weighted by molar-refractivity contribution is 6.03. The number of aryl methyl sites for hydroxylation is 1. The zero-order chi connectivity index (χ0) is 15.2. The van der Waals surface area contributed by atoms with E-state index in [2.05, 4.69) is 15.6 Å². The van der Waals surface area contributed by atoms with E-state index in [-0.39, 0.29) is 11.4 Å². The van der Waals surface area contributed by atoms with Crippen molar-refractivity contribution in [2.45, 2.75) is 20.3 Å². The molecule has 5 heteroatoms. The van der Waals surface area contributed by atoms with Crippen LogP contribution in [0.2, 0.25) is 0 Å². The fourth-order valence-electron chi connectivity index (χ4n) is 1.82. The first-order valence-corrected chi connectivity index (χ1v) is 6.88. The van der Waals surface area contributed by atoms with Crippen molar-refractivity contribution in [1.82, 2.24) is 4.98 Å². The number of anilines is 2. The van der Waals surface area contributed by atoms with Gasteiger partial charge in [-0.3, -0.25) is 4.79 Å². The van der Waals surface area contributed by atoms with E-state index in [1.807, 2.05) is 6.92 Å². The third-order valence-electron chi connectivity index (χ3n) is 2.91. The van der Waals surface area contributed by atoms with Crippen molar-refractivity contribution in [1.29, 1.82) is 0 Å². The fraction of sp³-hybridized carbons (Fsp3) is 0.250. The molecule has 110 valence electrons. The molecule has 0 atom stereocenters. The summed E-state index contributed by atoms with van der Waals surface area (Å²) in [6.07, 6.45) is 0.965. The van der Waals surface area contributed by atoms with Crippen LogP contribution in [0.3, 0.4) is 0 Å². The maximum atomic E-state index is 13.7. The van der Waals surface area contributed by atoms with Crippen molar-refractivity contribution in [3.05, 3.63) is 53.5 Å². The van der Waals surface area contributed by atoms with Crippen LogP contribution in [0.5, 0.6) is 0 Å². The minimum Gasteiger partial charge on any atom is -0.370 e. The molecule has 2 rings (SSSR count). The van der Waals surface area contributed by atoms with Crippen molar-refractivity contribution in [3.63, 3.8) is 0 Å². The van der Waals surface area contributed by atoms with E-state index >= 15 is 0 Å². The third-order valence-corrected chi connectivity index (χ3v) is 2.91. The van der Waals surface area contributed by atoms with Gasteiger partial charge in [0.15, 0.2) is 0 Å². The zero-order valence-corrected chi connectivity index (χ0v) is 12.1. The largest absolute Gasteiger partial charge is 0.370 e. The van der Waals surface area contributed by atoms with Crippen molar-refractivity contribution in [2.24, 2.45) is 0 Å². The highest BCUT2D eigenvalue weighted by atomic mass is 19.1. The first-order chi connectivity index (χ1) is 10.1. The lowest BCUT2D eigenvalue weighted by atomic mass is 10.2. The number of halogens is 1. The fourth-order valence-corrected chi connectivity index (χ4v) is 1.82. The summed E-state index contributed by atoms with van der Waals surface area (Å²) in [5.74, 6) is -0.254. The maximum Gasteiger partial charge on any atom is 0.274 e. The molecule has 1 amide bonds. The normalized spacial score (nSPS) is 10.2. The summed E-state index contributed by atoms with van der Waals surface area (Å²) in [5.41, 5.74) is 1.20.